The summed E-state index contributed by atoms with van der Waals surface area (Å²) in [7, 11) is 0. The van der Waals surface area contributed by atoms with Gasteiger partial charge in [-0.25, -0.2) is 0 Å². The van der Waals surface area contributed by atoms with Crippen LogP contribution in [0, 0.1) is 0 Å². The van der Waals surface area contributed by atoms with Gasteiger partial charge in [0, 0.05) is 16.7 Å². The summed E-state index contributed by atoms with van der Waals surface area (Å²) in [6.45, 7) is 4.21. The molecule has 18 heavy (non-hydrogen) atoms. The van der Waals surface area contributed by atoms with Gasteiger partial charge in [0.1, 0.15) is 17.1 Å². The molecule has 0 radical (unpaired) electrons. The van der Waals surface area contributed by atoms with Gasteiger partial charge >= 0.3 is 0 Å². The fraction of sp³-hybridized carbons (Fsp3) is 0.500. The number of aromatic hydroxyl groups is 1. The van der Waals surface area contributed by atoms with Gasteiger partial charge < -0.3 is 9.84 Å². The standard InChI is InChI=1S/C16H20O2/c1-3-12-13(4-2)15-11(10-14(12)17)6-9-16(18-15)7-5-8-16/h6,9-10,17H,3-5,7-8H2,1-2H3. The van der Waals surface area contributed by atoms with E-state index >= 15 is 0 Å². The average Bonchev–Trinajstić information content (AvgIpc) is 2.34. The van der Waals surface area contributed by atoms with Gasteiger partial charge in [-0.2, -0.15) is 0 Å². The van der Waals surface area contributed by atoms with Crippen molar-refractivity contribution < 1.29 is 9.84 Å². The molecule has 1 heterocycles. The van der Waals surface area contributed by atoms with Gasteiger partial charge in [0.15, 0.2) is 0 Å². The molecule has 0 amide bonds. The van der Waals surface area contributed by atoms with E-state index in [4.69, 9.17) is 4.74 Å². The number of hydrogen-bond donors (Lipinski definition) is 1. The Kier molecular flexibility index (Phi) is 2.61. The molecule has 2 nitrogen and oxygen atoms in total. The SMILES string of the molecule is CCc1c(O)cc2c(c1CC)OC1(C=C2)CCC1. The van der Waals surface area contributed by atoms with Crippen molar-refractivity contribution >= 4 is 6.08 Å². The fourth-order valence-electron chi connectivity index (χ4n) is 3.05. The van der Waals surface area contributed by atoms with E-state index in [0.29, 0.717) is 5.75 Å². The summed E-state index contributed by atoms with van der Waals surface area (Å²) in [5.74, 6) is 1.42. The topological polar surface area (TPSA) is 29.5 Å². The first-order chi connectivity index (χ1) is 8.69. The molecule has 3 rings (SSSR count). The Bertz CT molecular complexity index is 510. The maximum atomic E-state index is 10.1. The largest absolute Gasteiger partial charge is 0.508 e. The molecule has 1 N–H and O–H groups in total. The third-order valence-corrected chi connectivity index (χ3v) is 4.28. The molecule has 0 bridgehead atoms. The summed E-state index contributed by atoms with van der Waals surface area (Å²) in [6, 6.07) is 1.84. The highest BCUT2D eigenvalue weighted by molar-refractivity contribution is 5.68. The van der Waals surface area contributed by atoms with Crippen LogP contribution >= 0.6 is 0 Å². The summed E-state index contributed by atoms with van der Waals surface area (Å²) in [4.78, 5) is 0. The monoisotopic (exact) mass is 244 g/mol. The van der Waals surface area contributed by atoms with E-state index < -0.39 is 0 Å². The lowest BCUT2D eigenvalue weighted by Crippen LogP contribution is -2.42. The fourth-order valence-corrected chi connectivity index (χ4v) is 3.05. The van der Waals surface area contributed by atoms with Crippen LogP contribution in [0.2, 0.25) is 0 Å². The highest BCUT2D eigenvalue weighted by Crippen LogP contribution is 2.46. The zero-order valence-corrected chi connectivity index (χ0v) is 11.1. The number of ether oxygens (including phenoxy) is 1. The third-order valence-electron chi connectivity index (χ3n) is 4.28. The second-order valence-electron chi connectivity index (χ2n) is 5.33. The predicted octanol–water partition coefficient (Wildman–Crippen LogP) is 3.85. The number of fused-ring (bicyclic) bond motifs is 1. The zero-order valence-electron chi connectivity index (χ0n) is 11.1. The summed E-state index contributed by atoms with van der Waals surface area (Å²) < 4.78 is 6.28. The maximum Gasteiger partial charge on any atom is 0.131 e. The highest BCUT2D eigenvalue weighted by Gasteiger charge is 2.40. The van der Waals surface area contributed by atoms with Crippen molar-refractivity contribution in [1.29, 1.82) is 0 Å². The van der Waals surface area contributed by atoms with E-state index in [2.05, 4.69) is 26.0 Å². The van der Waals surface area contributed by atoms with Crippen molar-refractivity contribution in [2.45, 2.75) is 51.6 Å². The van der Waals surface area contributed by atoms with E-state index in [1.165, 1.54) is 12.0 Å². The van der Waals surface area contributed by atoms with Crippen molar-refractivity contribution in [3.63, 3.8) is 0 Å². The Hall–Kier alpha value is -1.44. The summed E-state index contributed by atoms with van der Waals surface area (Å²) in [5, 5.41) is 10.1. The van der Waals surface area contributed by atoms with E-state index in [9.17, 15) is 5.11 Å². The van der Waals surface area contributed by atoms with Crippen LogP contribution in [0.1, 0.15) is 49.8 Å². The molecule has 2 heteroatoms. The first-order valence-corrected chi connectivity index (χ1v) is 6.95. The van der Waals surface area contributed by atoms with Crippen molar-refractivity contribution in [3.8, 4) is 11.5 Å². The van der Waals surface area contributed by atoms with E-state index in [1.807, 2.05) is 6.07 Å². The molecule has 1 saturated carbocycles. The minimum absolute atomic E-state index is 0.0428. The van der Waals surface area contributed by atoms with E-state index in [-0.39, 0.29) is 5.60 Å². The first-order valence-electron chi connectivity index (χ1n) is 6.95. The Labute approximate surface area is 108 Å². The molecule has 96 valence electrons. The zero-order chi connectivity index (χ0) is 12.8. The van der Waals surface area contributed by atoms with Crippen LogP contribution in [0.3, 0.4) is 0 Å². The molecule has 1 spiro atoms. The highest BCUT2D eigenvalue weighted by atomic mass is 16.5. The first kappa shape index (κ1) is 11.6. The summed E-state index contributed by atoms with van der Waals surface area (Å²) in [5.41, 5.74) is 3.21. The van der Waals surface area contributed by atoms with Gasteiger partial charge in [-0.1, -0.05) is 19.9 Å². The smallest absolute Gasteiger partial charge is 0.131 e. The summed E-state index contributed by atoms with van der Waals surface area (Å²) >= 11 is 0. The number of hydrogen-bond acceptors (Lipinski definition) is 2. The lowest BCUT2D eigenvalue weighted by atomic mass is 9.78. The maximum absolute atomic E-state index is 10.1. The van der Waals surface area contributed by atoms with E-state index in [0.717, 1.165) is 42.6 Å². The Balaban J connectivity index is 2.13. The molecular weight excluding hydrogens is 224 g/mol. The van der Waals surface area contributed by atoms with Gasteiger partial charge in [0.2, 0.25) is 0 Å². The normalized spacial score (nSPS) is 19.2. The summed E-state index contributed by atoms with van der Waals surface area (Å²) in [6.07, 6.45) is 9.54. The number of rotatable bonds is 2. The second kappa shape index (κ2) is 4.04. The van der Waals surface area contributed by atoms with Crippen LogP contribution in [-0.2, 0) is 12.8 Å². The molecule has 0 aromatic heterocycles. The molecule has 0 atom stereocenters. The van der Waals surface area contributed by atoms with Crippen LogP contribution in [0.15, 0.2) is 12.1 Å². The van der Waals surface area contributed by atoms with Gasteiger partial charge in [-0.3, -0.25) is 0 Å². The molecular formula is C16H20O2. The van der Waals surface area contributed by atoms with Crippen molar-refractivity contribution in [1.82, 2.24) is 0 Å². The molecule has 1 aliphatic carbocycles. The van der Waals surface area contributed by atoms with Crippen LogP contribution in [-0.4, -0.2) is 10.7 Å². The predicted molar refractivity (Wildman–Crippen MR) is 73.1 cm³/mol. The third kappa shape index (κ3) is 1.55. The van der Waals surface area contributed by atoms with Crippen molar-refractivity contribution in [2.24, 2.45) is 0 Å². The Morgan fingerprint density at radius 1 is 1.22 bits per heavy atom. The van der Waals surface area contributed by atoms with Gasteiger partial charge in [-0.05, 0) is 44.2 Å². The average molecular weight is 244 g/mol. The molecule has 1 aromatic carbocycles. The quantitative estimate of drug-likeness (QED) is 0.856. The van der Waals surface area contributed by atoms with Gasteiger partial charge in [0.25, 0.3) is 0 Å². The second-order valence-corrected chi connectivity index (χ2v) is 5.33. The van der Waals surface area contributed by atoms with Crippen LogP contribution < -0.4 is 4.74 Å². The number of benzene rings is 1. The minimum atomic E-state index is -0.0428. The Morgan fingerprint density at radius 3 is 2.50 bits per heavy atom. The molecule has 1 fully saturated rings. The molecule has 0 saturated heterocycles. The van der Waals surface area contributed by atoms with Crippen molar-refractivity contribution in [3.05, 3.63) is 28.8 Å². The molecule has 2 aliphatic rings. The minimum Gasteiger partial charge on any atom is -0.508 e. The number of phenols is 1. The molecule has 1 aliphatic heterocycles. The van der Waals surface area contributed by atoms with Crippen molar-refractivity contribution in [2.75, 3.05) is 0 Å². The number of phenolic OH excluding ortho intramolecular Hbond substituents is 1. The lowest BCUT2D eigenvalue weighted by Gasteiger charge is -2.42. The molecule has 0 unspecified atom stereocenters. The van der Waals surface area contributed by atoms with Crippen LogP contribution in [0.5, 0.6) is 11.5 Å². The van der Waals surface area contributed by atoms with E-state index in [1.54, 1.807) is 0 Å². The Morgan fingerprint density at radius 2 is 1.94 bits per heavy atom. The van der Waals surface area contributed by atoms with Gasteiger partial charge in [0.05, 0.1) is 0 Å². The lowest BCUT2D eigenvalue weighted by molar-refractivity contribution is 0.0372. The van der Waals surface area contributed by atoms with Crippen LogP contribution in [0.4, 0.5) is 0 Å². The van der Waals surface area contributed by atoms with Gasteiger partial charge in [-0.15, -0.1) is 0 Å². The molecule has 1 aromatic rings. The van der Waals surface area contributed by atoms with Crippen LogP contribution in [0.25, 0.3) is 6.08 Å².